The molecule has 0 aliphatic carbocycles. The van der Waals surface area contributed by atoms with Gasteiger partial charge in [0.25, 0.3) is 0 Å². The molecule has 3 aromatic rings. The van der Waals surface area contributed by atoms with Gasteiger partial charge in [0.2, 0.25) is 0 Å². The van der Waals surface area contributed by atoms with Gasteiger partial charge in [-0.3, -0.25) is 4.79 Å². The fourth-order valence-electron chi connectivity index (χ4n) is 3.58. The third kappa shape index (κ3) is 5.92. The summed E-state index contributed by atoms with van der Waals surface area (Å²) < 4.78 is 12.1. The SMILES string of the molecule is CCCCCCCOc1ccc(S(OC(C)=O)(c2ccccc2)c2ccccc2)cc1. The van der Waals surface area contributed by atoms with Crippen molar-refractivity contribution in [3.63, 3.8) is 0 Å². The van der Waals surface area contributed by atoms with E-state index in [1.165, 1.54) is 32.6 Å². The normalized spacial score (nSPS) is 11.7. The molecule has 0 aromatic heterocycles. The van der Waals surface area contributed by atoms with Crippen molar-refractivity contribution in [3.05, 3.63) is 84.9 Å². The van der Waals surface area contributed by atoms with Gasteiger partial charge in [-0.15, -0.1) is 0 Å². The summed E-state index contributed by atoms with van der Waals surface area (Å²) in [5, 5.41) is 0. The Morgan fingerprint density at radius 1 is 0.710 bits per heavy atom. The van der Waals surface area contributed by atoms with Gasteiger partial charge in [0, 0.05) is 21.6 Å². The largest absolute Gasteiger partial charge is 0.494 e. The predicted octanol–water partition coefficient (Wildman–Crippen LogP) is 7.80. The molecule has 0 aliphatic rings. The molecule has 3 nitrogen and oxygen atoms in total. The molecule has 31 heavy (non-hydrogen) atoms. The number of ether oxygens (including phenoxy) is 1. The molecule has 0 bridgehead atoms. The minimum atomic E-state index is -2.19. The molecule has 4 heteroatoms. The van der Waals surface area contributed by atoms with Crippen LogP contribution in [-0.4, -0.2) is 12.6 Å². The number of carbonyl (C=O) groups excluding carboxylic acids is 1. The number of unbranched alkanes of at least 4 members (excludes halogenated alkanes) is 4. The standard InChI is InChI=1S/C27H32O3S/c1-3-4-5-6-13-22-29-24-18-20-27(21-19-24)31(30-23(2)28,25-14-9-7-10-15-25)26-16-11-8-12-17-26/h7-12,14-21H,3-6,13,22H2,1-2H3. The first-order valence-electron chi connectivity index (χ1n) is 11.0. The summed E-state index contributed by atoms with van der Waals surface area (Å²) in [7, 11) is -2.19. The molecule has 3 aromatic carbocycles. The van der Waals surface area contributed by atoms with E-state index in [-0.39, 0.29) is 5.97 Å². The highest BCUT2D eigenvalue weighted by Gasteiger charge is 2.34. The van der Waals surface area contributed by atoms with E-state index in [4.69, 9.17) is 8.92 Å². The van der Waals surface area contributed by atoms with Crippen molar-refractivity contribution < 1.29 is 13.7 Å². The average Bonchev–Trinajstić information content (AvgIpc) is 2.81. The number of hydrogen-bond donors (Lipinski definition) is 0. The van der Waals surface area contributed by atoms with E-state index in [1.54, 1.807) is 0 Å². The van der Waals surface area contributed by atoms with Crippen molar-refractivity contribution in [2.75, 3.05) is 6.61 Å². The molecular formula is C27H32O3S. The van der Waals surface area contributed by atoms with Crippen LogP contribution < -0.4 is 4.74 Å². The zero-order valence-corrected chi connectivity index (χ0v) is 19.3. The van der Waals surface area contributed by atoms with Crippen molar-refractivity contribution in [3.8, 4) is 5.75 Å². The van der Waals surface area contributed by atoms with Crippen LogP contribution in [0.15, 0.2) is 99.6 Å². The summed E-state index contributed by atoms with van der Waals surface area (Å²) in [6, 6.07) is 28.1. The van der Waals surface area contributed by atoms with Crippen LogP contribution in [0.3, 0.4) is 0 Å². The van der Waals surface area contributed by atoms with Crippen molar-refractivity contribution in [2.24, 2.45) is 0 Å². The molecule has 0 saturated heterocycles. The average molecular weight is 437 g/mol. The minimum Gasteiger partial charge on any atom is -0.494 e. The van der Waals surface area contributed by atoms with Crippen LogP contribution in [-0.2, 0) is 8.98 Å². The second kappa shape index (κ2) is 11.6. The molecular weight excluding hydrogens is 404 g/mol. The van der Waals surface area contributed by atoms with Crippen LogP contribution in [0.5, 0.6) is 5.75 Å². The lowest BCUT2D eigenvalue weighted by molar-refractivity contribution is -0.131. The molecule has 0 saturated carbocycles. The van der Waals surface area contributed by atoms with Crippen molar-refractivity contribution >= 4 is 16.3 Å². The van der Waals surface area contributed by atoms with Gasteiger partial charge in [0.15, 0.2) is 0 Å². The first-order chi connectivity index (χ1) is 15.2. The number of rotatable bonds is 11. The number of carbonyl (C=O) groups is 1. The Bertz CT molecular complexity index is 884. The van der Waals surface area contributed by atoms with Crippen LogP contribution in [0.1, 0.15) is 46.0 Å². The lowest BCUT2D eigenvalue weighted by atomic mass is 10.2. The van der Waals surface area contributed by atoms with E-state index >= 15 is 0 Å². The van der Waals surface area contributed by atoms with E-state index in [2.05, 4.69) is 6.92 Å². The first-order valence-corrected chi connectivity index (χ1v) is 12.6. The van der Waals surface area contributed by atoms with E-state index in [9.17, 15) is 4.79 Å². The molecule has 0 heterocycles. The highest BCUT2D eigenvalue weighted by Crippen LogP contribution is 2.69. The molecule has 0 aliphatic heterocycles. The van der Waals surface area contributed by atoms with Crippen LogP contribution in [0, 0.1) is 0 Å². The Morgan fingerprint density at radius 3 is 1.74 bits per heavy atom. The van der Waals surface area contributed by atoms with E-state index in [0.29, 0.717) is 0 Å². The molecule has 0 radical (unpaired) electrons. The molecule has 0 fully saturated rings. The van der Waals surface area contributed by atoms with Crippen LogP contribution in [0.4, 0.5) is 0 Å². The number of hydrogen-bond acceptors (Lipinski definition) is 3. The fraction of sp³-hybridized carbons (Fsp3) is 0.296. The van der Waals surface area contributed by atoms with Crippen LogP contribution >= 0.6 is 10.3 Å². The van der Waals surface area contributed by atoms with Gasteiger partial charge in [-0.1, -0.05) is 69.0 Å². The molecule has 0 N–H and O–H groups in total. The molecule has 3 rings (SSSR count). The lowest BCUT2D eigenvalue weighted by Crippen LogP contribution is -2.11. The zero-order valence-electron chi connectivity index (χ0n) is 18.5. The van der Waals surface area contributed by atoms with Gasteiger partial charge in [-0.25, -0.2) is 0 Å². The third-order valence-corrected chi connectivity index (χ3v) is 8.36. The van der Waals surface area contributed by atoms with Gasteiger partial charge < -0.3 is 8.92 Å². The topological polar surface area (TPSA) is 35.5 Å². The van der Waals surface area contributed by atoms with E-state index in [0.717, 1.165) is 33.5 Å². The van der Waals surface area contributed by atoms with Gasteiger partial charge in [0.1, 0.15) is 5.75 Å². The summed E-state index contributed by atoms with van der Waals surface area (Å²) in [4.78, 5) is 15.2. The van der Waals surface area contributed by atoms with E-state index in [1.807, 2.05) is 84.9 Å². The summed E-state index contributed by atoms with van der Waals surface area (Å²) in [5.41, 5.74) is 0. The smallest absolute Gasteiger partial charge is 0.313 e. The van der Waals surface area contributed by atoms with Gasteiger partial charge in [0.05, 0.1) is 6.61 Å². The van der Waals surface area contributed by atoms with Crippen molar-refractivity contribution in [1.29, 1.82) is 0 Å². The fourth-order valence-corrected chi connectivity index (χ4v) is 6.63. The molecule has 0 unspecified atom stereocenters. The summed E-state index contributed by atoms with van der Waals surface area (Å²) in [5.74, 6) is 0.548. The minimum absolute atomic E-state index is 0.296. The quantitative estimate of drug-likeness (QED) is 0.288. The molecule has 164 valence electrons. The Labute approximate surface area is 187 Å². The summed E-state index contributed by atoms with van der Waals surface area (Å²) in [6.07, 6.45) is 6.07. The monoisotopic (exact) mass is 436 g/mol. The maximum Gasteiger partial charge on any atom is 0.313 e. The van der Waals surface area contributed by atoms with Crippen molar-refractivity contribution in [2.45, 2.75) is 60.6 Å². The Kier molecular flexibility index (Phi) is 8.60. The second-order valence-corrected chi connectivity index (χ2v) is 10.2. The van der Waals surface area contributed by atoms with Crippen molar-refractivity contribution in [1.82, 2.24) is 0 Å². The third-order valence-electron chi connectivity index (χ3n) is 5.06. The Morgan fingerprint density at radius 2 is 1.23 bits per heavy atom. The van der Waals surface area contributed by atoms with E-state index < -0.39 is 10.3 Å². The predicted molar refractivity (Wildman–Crippen MR) is 128 cm³/mol. The lowest BCUT2D eigenvalue weighted by Gasteiger charge is -2.39. The summed E-state index contributed by atoms with van der Waals surface area (Å²) >= 11 is 0. The van der Waals surface area contributed by atoms with Gasteiger partial charge >= 0.3 is 5.97 Å². The molecule has 0 spiro atoms. The van der Waals surface area contributed by atoms with Gasteiger partial charge in [-0.05, 0) is 65.3 Å². The Balaban J connectivity index is 1.90. The van der Waals surface area contributed by atoms with Crippen LogP contribution in [0.2, 0.25) is 0 Å². The summed E-state index contributed by atoms with van der Waals surface area (Å²) in [6.45, 7) is 4.42. The van der Waals surface area contributed by atoms with Crippen LogP contribution in [0.25, 0.3) is 0 Å². The highest BCUT2D eigenvalue weighted by molar-refractivity contribution is 8.30. The molecule has 0 atom stereocenters. The second-order valence-electron chi connectivity index (χ2n) is 7.49. The maximum atomic E-state index is 12.3. The van der Waals surface area contributed by atoms with Gasteiger partial charge in [-0.2, -0.15) is 0 Å². The first kappa shape index (κ1) is 23.0. The molecule has 0 amide bonds. The highest BCUT2D eigenvalue weighted by atomic mass is 32.3. The number of benzene rings is 3. The zero-order chi connectivity index (χ0) is 21.9. The maximum absolute atomic E-state index is 12.3. The Hall–Kier alpha value is -2.72.